The average molecular weight is 180 g/mol. The SMILES string of the molecule is N[C@@H](CCC(=O)O)c1ccncc1. The predicted octanol–water partition coefficient (Wildman–Crippen LogP) is 0.946. The molecule has 1 aromatic rings. The maximum atomic E-state index is 10.3. The van der Waals surface area contributed by atoms with E-state index in [-0.39, 0.29) is 12.5 Å². The molecule has 70 valence electrons. The largest absolute Gasteiger partial charge is 0.481 e. The van der Waals surface area contributed by atoms with Gasteiger partial charge in [-0.05, 0) is 24.1 Å². The summed E-state index contributed by atoms with van der Waals surface area (Å²) in [6.45, 7) is 0. The molecule has 1 heterocycles. The van der Waals surface area contributed by atoms with Gasteiger partial charge >= 0.3 is 5.97 Å². The molecule has 13 heavy (non-hydrogen) atoms. The summed E-state index contributed by atoms with van der Waals surface area (Å²) in [4.78, 5) is 14.1. The van der Waals surface area contributed by atoms with Crippen molar-refractivity contribution in [2.24, 2.45) is 5.73 Å². The Morgan fingerprint density at radius 1 is 1.54 bits per heavy atom. The van der Waals surface area contributed by atoms with Gasteiger partial charge in [0.1, 0.15) is 0 Å². The number of nitrogens with two attached hydrogens (primary N) is 1. The van der Waals surface area contributed by atoms with Crippen LogP contribution in [0.5, 0.6) is 0 Å². The minimum absolute atomic E-state index is 0.101. The van der Waals surface area contributed by atoms with Crippen molar-refractivity contribution in [1.82, 2.24) is 4.98 Å². The van der Waals surface area contributed by atoms with E-state index >= 15 is 0 Å². The molecule has 3 N–H and O–H groups in total. The highest BCUT2D eigenvalue weighted by atomic mass is 16.4. The fraction of sp³-hybridized carbons (Fsp3) is 0.333. The van der Waals surface area contributed by atoms with Crippen LogP contribution in [0.3, 0.4) is 0 Å². The molecular formula is C9H12N2O2. The third-order valence-electron chi connectivity index (χ3n) is 1.80. The standard InChI is InChI=1S/C9H12N2O2/c10-8(1-2-9(12)13)7-3-5-11-6-4-7/h3-6,8H,1-2,10H2,(H,12,13)/t8-/m0/s1. The number of pyridine rings is 1. The van der Waals surface area contributed by atoms with Gasteiger partial charge in [-0.3, -0.25) is 9.78 Å². The number of hydrogen-bond donors (Lipinski definition) is 2. The Hall–Kier alpha value is -1.42. The fourth-order valence-electron chi connectivity index (χ4n) is 1.06. The molecule has 0 saturated heterocycles. The van der Waals surface area contributed by atoms with Gasteiger partial charge in [0, 0.05) is 24.9 Å². The quantitative estimate of drug-likeness (QED) is 0.723. The normalized spacial score (nSPS) is 12.4. The molecule has 0 bridgehead atoms. The lowest BCUT2D eigenvalue weighted by atomic mass is 10.0. The predicted molar refractivity (Wildman–Crippen MR) is 48.0 cm³/mol. The van der Waals surface area contributed by atoms with Gasteiger partial charge in [0.2, 0.25) is 0 Å². The number of carboxylic acid groups (broad SMARTS) is 1. The van der Waals surface area contributed by atoms with Crippen LogP contribution in [0.25, 0.3) is 0 Å². The van der Waals surface area contributed by atoms with Gasteiger partial charge < -0.3 is 10.8 Å². The minimum atomic E-state index is -0.815. The van der Waals surface area contributed by atoms with E-state index in [2.05, 4.69) is 4.98 Å². The maximum absolute atomic E-state index is 10.3. The van der Waals surface area contributed by atoms with Crippen LogP contribution >= 0.6 is 0 Å². The van der Waals surface area contributed by atoms with E-state index in [1.807, 2.05) is 0 Å². The third-order valence-corrected chi connectivity index (χ3v) is 1.80. The maximum Gasteiger partial charge on any atom is 0.303 e. The minimum Gasteiger partial charge on any atom is -0.481 e. The van der Waals surface area contributed by atoms with Crippen LogP contribution in [0.4, 0.5) is 0 Å². The smallest absolute Gasteiger partial charge is 0.303 e. The Kier molecular flexibility index (Phi) is 3.40. The van der Waals surface area contributed by atoms with E-state index in [4.69, 9.17) is 10.8 Å². The molecule has 0 aliphatic heterocycles. The van der Waals surface area contributed by atoms with Crippen molar-refractivity contribution in [3.05, 3.63) is 30.1 Å². The van der Waals surface area contributed by atoms with Crippen LogP contribution in [0.15, 0.2) is 24.5 Å². The molecule has 0 aliphatic rings. The van der Waals surface area contributed by atoms with Gasteiger partial charge in [-0.15, -0.1) is 0 Å². The van der Waals surface area contributed by atoms with Gasteiger partial charge in [0.05, 0.1) is 0 Å². The summed E-state index contributed by atoms with van der Waals surface area (Å²) in [5, 5.41) is 8.44. The molecule has 4 heteroatoms. The number of aromatic nitrogens is 1. The molecule has 0 unspecified atom stereocenters. The fourth-order valence-corrected chi connectivity index (χ4v) is 1.06. The molecule has 0 amide bonds. The van der Waals surface area contributed by atoms with E-state index in [1.54, 1.807) is 24.5 Å². The second-order valence-electron chi connectivity index (χ2n) is 2.82. The van der Waals surface area contributed by atoms with Crippen LogP contribution < -0.4 is 5.73 Å². The molecule has 0 spiro atoms. The van der Waals surface area contributed by atoms with E-state index in [1.165, 1.54) is 0 Å². The molecule has 1 rings (SSSR count). The number of rotatable bonds is 4. The van der Waals surface area contributed by atoms with Crippen molar-refractivity contribution >= 4 is 5.97 Å². The van der Waals surface area contributed by atoms with Crippen LogP contribution in [-0.4, -0.2) is 16.1 Å². The second kappa shape index (κ2) is 4.57. The summed E-state index contributed by atoms with van der Waals surface area (Å²) >= 11 is 0. The van der Waals surface area contributed by atoms with Crippen LogP contribution in [0.2, 0.25) is 0 Å². The topological polar surface area (TPSA) is 76.2 Å². The van der Waals surface area contributed by atoms with Crippen molar-refractivity contribution in [3.8, 4) is 0 Å². The number of aliphatic carboxylic acids is 1. The number of nitrogens with zero attached hydrogens (tertiary/aromatic N) is 1. The first-order valence-corrected chi connectivity index (χ1v) is 4.07. The van der Waals surface area contributed by atoms with E-state index in [0.717, 1.165) is 5.56 Å². The first-order chi connectivity index (χ1) is 6.20. The molecule has 0 aromatic carbocycles. The molecule has 0 saturated carbocycles. The molecule has 1 aromatic heterocycles. The van der Waals surface area contributed by atoms with Gasteiger partial charge in [-0.2, -0.15) is 0 Å². The van der Waals surface area contributed by atoms with Gasteiger partial charge in [-0.1, -0.05) is 0 Å². The molecule has 1 atom stereocenters. The Bertz CT molecular complexity index is 274. The highest BCUT2D eigenvalue weighted by Crippen LogP contribution is 2.13. The van der Waals surface area contributed by atoms with Gasteiger partial charge in [0.15, 0.2) is 0 Å². The van der Waals surface area contributed by atoms with Gasteiger partial charge in [-0.25, -0.2) is 0 Å². The average Bonchev–Trinajstić information content (AvgIpc) is 2.15. The summed E-state index contributed by atoms with van der Waals surface area (Å²) < 4.78 is 0. The second-order valence-corrected chi connectivity index (χ2v) is 2.82. The first-order valence-electron chi connectivity index (χ1n) is 4.07. The monoisotopic (exact) mass is 180 g/mol. The Balaban J connectivity index is 2.49. The van der Waals surface area contributed by atoms with Crippen molar-refractivity contribution in [1.29, 1.82) is 0 Å². The van der Waals surface area contributed by atoms with Crippen LogP contribution in [-0.2, 0) is 4.79 Å². The van der Waals surface area contributed by atoms with Crippen molar-refractivity contribution in [3.63, 3.8) is 0 Å². The third kappa shape index (κ3) is 3.21. The molecular weight excluding hydrogens is 168 g/mol. The highest BCUT2D eigenvalue weighted by Gasteiger charge is 2.07. The summed E-state index contributed by atoms with van der Waals surface area (Å²) in [5.41, 5.74) is 6.68. The highest BCUT2D eigenvalue weighted by molar-refractivity contribution is 5.66. The molecule has 4 nitrogen and oxygen atoms in total. The lowest BCUT2D eigenvalue weighted by molar-refractivity contribution is -0.137. The summed E-state index contributed by atoms with van der Waals surface area (Å²) in [6, 6.07) is 3.39. The number of carboxylic acids is 1. The Labute approximate surface area is 76.4 Å². The molecule has 0 radical (unpaired) electrons. The zero-order valence-corrected chi connectivity index (χ0v) is 7.18. The van der Waals surface area contributed by atoms with Crippen molar-refractivity contribution < 1.29 is 9.90 Å². The first kappa shape index (κ1) is 9.67. The summed E-state index contributed by atoms with van der Waals surface area (Å²) in [7, 11) is 0. The number of carbonyl (C=O) groups is 1. The van der Waals surface area contributed by atoms with Gasteiger partial charge in [0.25, 0.3) is 0 Å². The number of hydrogen-bond acceptors (Lipinski definition) is 3. The van der Waals surface area contributed by atoms with Crippen LogP contribution in [0, 0.1) is 0 Å². The summed E-state index contributed by atoms with van der Waals surface area (Å²) in [6.07, 6.45) is 3.86. The molecule has 0 fully saturated rings. The molecule has 0 aliphatic carbocycles. The van der Waals surface area contributed by atoms with Crippen LogP contribution in [0.1, 0.15) is 24.4 Å². The lowest BCUT2D eigenvalue weighted by Gasteiger charge is -2.09. The van der Waals surface area contributed by atoms with E-state index < -0.39 is 5.97 Å². The van der Waals surface area contributed by atoms with Crippen molar-refractivity contribution in [2.45, 2.75) is 18.9 Å². The van der Waals surface area contributed by atoms with E-state index in [9.17, 15) is 4.79 Å². The Morgan fingerprint density at radius 2 is 2.15 bits per heavy atom. The zero-order chi connectivity index (χ0) is 9.68. The van der Waals surface area contributed by atoms with E-state index in [0.29, 0.717) is 6.42 Å². The Morgan fingerprint density at radius 3 is 2.69 bits per heavy atom. The summed E-state index contributed by atoms with van der Waals surface area (Å²) in [5.74, 6) is -0.815. The van der Waals surface area contributed by atoms with Crippen molar-refractivity contribution in [2.75, 3.05) is 0 Å². The lowest BCUT2D eigenvalue weighted by Crippen LogP contribution is -2.12. The zero-order valence-electron chi connectivity index (χ0n) is 7.18.